The van der Waals surface area contributed by atoms with Gasteiger partial charge in [-0.1, -0.05) is 40.2 Å². The molecule has 2 fully saturated rings. The van der Waals surface area contributed by atoms with Crippen LogP contribution in [0.2, 0.25) is 0 Å². The first-order chi connectivity index (χ1) is 18.0. The van der Waals surface area contributed by atoms with Gasteiger partial charge in [0, 0.05) is 29.2 Å². The molecule has 206 valence electrons. The van der Waals surface area contributed by atoms with Crippen molar-refractivity contribution >= 4 is 27.8 Å². The number of benzene rings is 2. The zero-order chi connectivity index (χ0) is 27.5. The van der Waals surface area contributed by atoms with E-state index >= 15 is 0 Å². The van der Waals surface area contributed by atoms with Gasteiger partial charge < -0.3 is 10.1 Å². The highest BCUT2D eigenvalue weighted by Crippen LogP contribution is 2.43. The molecule has 0 unspecified atom stereocenters. The molecule has 38 heavy (non-hydrogen) atoms. The van der Waals surface area contributed by atoms with Crippen LogP contribution >= 0.6 is 15.9 Å². The third-order valence-corrected chi connectivity index (χ3v) is 8.10. The van der Waals surface area contributed by atoms with Gasteiger partial charge in [-0.3, -0.25) is 9.63 Å². The second-order valence-electron chi connectivity index (χ2n) is 9.90. The van der Waals surface area contributed by atoms with Crippen LogP contribution in [0.15, 0.2) is 53.0 Å². The highest BCUT2D eigenvalue weighted by molar-refractivity contribution is 9.10. The van der Waals surface area contributed by atoms with Crippen LogP contribution < -0.4 is 5.32 Å². The van der Waals surface area contributed by atoms with E-state index in [9.17, 15) is 27.2 Å². The molecule has 0 bridgehead atoms. The summed E-state index contributed by atoms with van der Waals surface area (Å²) in [6.07, 6.45) is -3.95. The summed E-state index contributed by atoms with van der Waals surface area (Å²) in [5.41, 5.74) is 1.63. The van der Waals surface area contributed by atoms with Gasteiger partial charge in [-0.2, -0.15) is 13.2 Å². The fourth-order valence-corrected chi connectivity index (χ4v) is 5.79. The summed E-state index contributed by atoms with van der Waals surface area (Å²) < 4.78 is 58.6. The van der Waals surface area contributed by atoms with Crippen LogP contribution in [0.1, 0.15) is 49.3 Å². The average molecular weight is 602 g/mol. The van der Waals surface area contributed by atoms with Gasteiger partial charge in [0.05, 0.1) is 19.3 Å². The summed E-state index contributed by atoms with van der Waals surface area (Å²) in [5.74, 6) is -3.53. The molecule has 2 aromatic rings. The van der Waals surface area contributed by atoms with Crippen molar-refractivity contribution in [3.8, 4) is 0 Å². The quantitative estimate of drug-likeness (QED) is 0.346. The smallest absolute Gasteiger partial charge is 0.369 e. The number of alkyl halides is 3. The number of rotatable bonds is 6. The van der Waals surface area contributed by atoms with Gasteiger partial charge in [-0.15, -0.1) is 4.65 Å². The highest BCUT2D eigenvalue weighted by atomic mass is 79.9. The number of halogens is 5. The lowest BCUT2D eigenvalue weighted by molar-refractivity contribution is -1.11. The average Bonchev–Trinajstić information content (AvgIpc) is 2.89. The van der Waals surface area contributed by atoms with Crippen molar-refractivity contribution in [1.29, 1.82) is 0 Å². The Labute approximate surface area is 227 Å². The number of hydrogen-bond donors (Lipinski definition) is 1. The summed E-state index contributed by atoms with van der Waals surface area (Å²) in [4.78, 5) is 30.6. The molecular weight excluding hydrogens is 572 g/mol. The van der Waals surface area contributed by atoms with Crippen molar-refractivity contribution in [2.24, 2.45) is 5.92 Å². The number of carbonyl (C=O) groups is 2. The van der Waals surface area contributed by atoms with E-state index in [1.165, 1.54) is 12.1 Å². The second-order valence-corrected chi connectivity index (χ2v) is 10.8. The molecule has 1 aliphatic heterocycles. The Bertz CT molecular complexity index is 1120. The predicted octanol–water partition coefficient (Wildman–Crippen LogP) is 5.59. The molecule has 1 saturated carbocycles. The first kappa shape index (κ1) is 28.5. The number of morpholine rings is 1. The van der Waals surface area contributed by atoms with Gasteiger partial charge in [0.1, 0.15) is 24.9 Å². The van der Waals surface area contributed by atoms with Gasteiger partial charge >= 0.3 is 12.1 Å². The fourth-order valence-electron chi connectivity index (χ4n) is 5.52. The van der Waals surface area contributed by atoms with Gasteiger partial charge in [0.15, 0.2) is 0 Å². The van der Waals surface area contributed by atoms with E-state index in [1.807, 2.05) is 31.2 Å². The molecule has 6 nitrogen and oxygen atoms in total. The summed E-state index contributed by atoms with van der Waals surface area (Å²) in [5, 5.41) is 3.02. The van der Waals surface area contributed by atoms with Crippen LogP contribution in [0.3, 0.4) is 0 Å². The number of nitrogens with one attached hydrogen (secondary N) is 1. The molecule has 1 saturated heterocycles. The first-order valence-electron chi connectivity index (χ1n) is 12.5. The van der Waals surface area contributed by atoms with Crippen LogP contribution in [0.4, 0.5) is 17.6 Å². The number of hydroxylamine groups is 3. The summed E-state index contributed by atoms with van der Waals surface area (Å²) in [6.45, 7) is 2.37. The maximum atomic E-state index is 13.5. The summed E-state index contributed by atoms with van der Waals surface area (Å²) >= 11 is 3.42. The van der Waals surface area contributed by atoms with E-state index in [4.69, 9.17) is 9.57 Å². The topological polar surface area (TPSA) is 64.6 Å². The minimum absolute atomic E-state index is 0.109. The van der Waals surface area contributed by atoms with E-state index in [1.54, 1.807) is 12.1 Å². The number of amides is 1. The SMILES string of the molecule is C[C@H](NC(=O)[C@@H]1CC[C@@H]([N+]2(OC(=O)C(F)(F)F)CCOCC2)C[C@H]1c1ccc(Br)cc1)c1ccc(F)cc1. The Kier molecular flexibility index (Phi) is 8.78. The predicted molar refractivity (Wildman–Crippen MR) is 134 cm³/mol. The van der Waals surface area contributed by atoms with E-state index in [0.29, 0.717) is 19.3 Å². The number of quaternary nitrogens is 1. The van der Waals surface area contributed by atoms with E-state index < -0.39 is 28.8 Å². The molecule has 1 aliphatic carbocycles. The van der Waals surface area contributed by atoms with Crippen molar-refractivity contribution in [3.63, 3.8) is 0 Å². The van der Waals surface area contributed by atoms with Crippen molar-refractivity contribution in [1.82, 2.24) is 5.32 Å². The maximum absolute atomic E-state index is 13.5. The molecule has 2 aliphatic rings. The third-order valence-electron chi connectivity index (χ3n) is 7.58. The molecule has 0 aromatic heterocycles. The highest BCUT2D eigenvalue weighted by Gasteiger charge is 2.53. The van der Waals surface area contributed by atoms with E-state index in [0.717, 1.165) is 15.6 Å². The Hall–Kier alpha value is -2.50. The maximum Gasteiger partial charge on any atom is 0.497 e. The minimum atomic E-state index is -5.11. The van der Waals surface area contributed by atoms with E-state index in [-0.39, 0.29) is 50.0 Å². The van der Waals surface area contributed by atoms with Crippen LogP contribution in [0, 0.1) is 11.7 Å². The van der Waals surface area contributed by atoms with Crippen LogP contribution in [0.5, 0.6) is 0 Å². The number of hydrogen-bond acceptors (Lipinski definition) is 4. The number of ether oxygens (including phenoxy) is 1. The molecule has 0 radical (unpaired) electrons. The molecule has 2 aromatic carbocycles. The van der Waals surface area contributed by atoms with Gasteiger partial charge in [-0.05, 0) is 48.7 Å². The monoisotopic (exact) mass is 601 g/mol. The molecule has 4 atom stereocenters. The normalized spacial score (nSPS) is 24.3. The molecule has 1 N–H and O–H groups in total. The number of carbonyl (C=O) groups excluding carboxylic acids is 2. The van der Waals surface area contributed by atoms with Gasteiger partial charge in [0.2, 0.25) is 5.91 Å². The van der Waals surface area contributed by atoms with Crippen LogP contribution in [0.25, 0.3) is 0 Å². The lowest BCUT2D eigenvalue weighted by atomic mass is 9.72. The molecule has 1 heterocycles. The largest absolute Gasteiger partial charge is 0.497 e. The molecule has 1 amide bonds. The van der Waals surface area contributed by atoms with Crippen LogP contribution in [-0.4, -0.2) is 55.0 Å². The standard InChI is InChI=1S/C27H29BrF4N2O4/c1-17(18-4-8-21(29)9-5-18)33-25(35)23-11-10-22(16-24(23)19-2-6-20(28)7-3-19)34(12-14-37-15-13-34)38-26(36)27(30,31)32/h2-9,17,22-24H,10-16H2,1H3/p+1/t17-,22+,23+,24-/m0/s1. The number of nitrogens with zero attached hydrogens (tertiary/aromatic N) is 1. The molecule has 0 spiro atoms. The van der Waals surface area contributed by atoms with Crippen LogP contribution in [-0.2, 0) is 19.2 Å². The third kappa shape index (κ3) is 6.55. The Morgan fingerprint density at radius 3 is 2.29 bits per heavy atom. The lowest BCUT2D eigenvalue weighted by Gasteiger charge is -2.47. The van der Waals surface area contributed by atoms with Gasteiger partial charge in [0.25, 0.3) is 0 Å². The molecule has 11 heteroatoms. The zero-order valence-corrected chi connectivity index (χ0v) is 22.4. The lowest BCUT2D eigenvalue weighted by Crippen LogP contribution is -2.64. The molecular formula is C27H30BrF4N2O4+. The van der Waals surface area contributed by atoms with Gasteiger partial charge in [-0.25, -0.2) is 9.18 Å². The summed E-state index contributed by atoms with van der Waals surface area (Å²) in [6, 6.07) is 12.6. The van der Waals surface area contributed by atoms with Crippen molar-refractivity contribution in [2.75, 3.05) is 26.3 Å². The Balaban J connectivity index is 1.59. The Morgan fingerprint density at radius 2 is 1.68 bits per heavy atom. The van der Waals surface area contributed by atoms with Crippen molar-refractivity contribution in [2.45, 2.75) is 50.4 Å². The molecule has 4 rings (SSSR count). The Morgan fingerprint density at radius 1 is 1.05 bits per heavy atom. The van der Waals surface area contributed by atoms with Crippen molar-refractivity contribution < 1.29 is 41.4 Å². The van der Waals surface area contributed by atoms with E-state index in [2.05, 4.69) is 21.2 Å². The minimum Gasteiger partial charge on any atom is -0.369 e. The first-order valence-corrected chi connectivity index (χ1v) is 13.3. The zero-order valence-electron chi connectivity index (χ0n) is 20.8. The fraction of sp³-hybridized carbons (Fsp3) is 0.481. The second kappa shape index (κ2) is 11.7. The van der Waals surface area contributed by atoms with Crippen molar-refractivity contribution in [3.05, 3.63) is 69.9 Å². The summed E-state index contributed by atoms with van der Waals surface area (Å²) in [7, 11) is 0.